The number of carboxylic acid groups (broad SMARTS) is 2. The second-order valence-electron chi connectivity index (χ2n) is 7.26. The first-order valence-corrected chi connectivity index (χ1v) is 10.9. The van der Waals surface area contributed by atoms with Crippen molar-refractivity contribution in [2.75, 3.05) is 6.61 Å². The predicted molar refractivity (Wildman–Crippen MR) is 120 cm³/mol. The molecule has 2 heterocycles. The molecule has 33 heavy (non-hydrogen) atoms. The summed E-state index contributed by atoms with van der Waals surface area (Å²) in [4.78, 5) is 51.4. The molecular formula is C22H22N2O8S. The smallest absolute Gasteiger partial charge is 0.326 e. The highest BCUT2D eigenvalue weighted by atomic mass is 32.1. The van der Waals surface area contributed by atoms with Gasteiger partial charge in [0.2, 0.25) is 5.43 Å². The van der Waals surface area contributed by atoms with Crippen LogP contribution >= 0.6 is 11.3 Å². The number of aryl methyl sites for hydroxylation is 2. The molecule has 174 valence electrons. The number of amides is 1. The number of rotatable bonds is 10. The van der Waals surface area contributed by atoms with Crippen LogP contribution in [0.1, 0.15) is 31.0 Å². The fourth-order valence-electron chi connectivity index (χ4n) is 3.14. The van der Waals surface area contributed by atoms with Crippen LogP contribution in [0.4, 0.5) is 0 Å². The van der Waals surface area contributed by atoms with Gasteiger partial charge in [0.15, 0.2) is 6.61 Å². The van der Waals surface area contributed by atoms with E-state index in [4.69, 9.17) is 19.4 Å². The molecule has 0 saturated carbocycles. The Morgan fingerprint density at radius 3 is 2.64 bits per heavy atom. The zero-order valence-electron chi connectivity index (χ0n) is 17.9. The molecule has 0 aliphatic carbocycles. The second-order valence-corrected chi connectivity index (χ2v) is 8.12. The van der Waals surface area contributed by atoms with E-state index in [1.807, 2.05) is 19.2 Å². The summed E-state index contributed by atoms with van der Waals surface area (Å²) < 4.78 is 11.2. The van der Waals surface area contributed by atoms with Gasteiger partial charge in [-0.05, 0) is 31.4 Å². The molecule has 1 aromatic carbocycles. The Labute approximate surface area is 191 Å². The molecule has 0 aliphatic rings. The summed E-state index contributed by atoms with van der Waals surface area (Å²) in [5.41, 5.74) is 1.87. The van der Waals surface area contributed by atoms with Crippen molar-refractivity contribution in [1.29, 1.82) is 0 Å². The van der Waals surface area contributed by atoms with Crippen LogP contribution in [0.25, 0.3) is 21.5 Å². The summed E-state index contributed by atoms with van der Waals surface area (Å²) >= 11 is 1.35. The number of hydrogen-bond donors (Lipinski definition) is 3. The van der Waals surface area contributed by atoms with Crippen LogP contribution < -0.4 is 15.5 Å². The molecule has 0 saturated heterocycles. The molecule has 0 fully saturated rings. The molecular weight excluding hydrogens is 452 g/mol. The number of aromatic nitrogens is 1. The summed E-state index contributed by atoms with van der Waals surface area (Å²) in [5.74, 6) is -2.90. The summed E-state index contributed by atoms with van der Waals surface area (Å²) in [6.45, 7) is 3.20. The van der Waals surface area contributed by atoms with Crippen LogP contribution in [-0.2, 0) is 20.8 Å². The quantitative estimate of drug-likeness (QED) is 0.402. The van der Waals surface area contributed by atoms with Crippen molar-refractivity contribution in [2.45, 2.75) is 39.2 Å². The van der Waals surface area contributed by atoms with Crippen molar-refractivity contribution in [3.05, 3.63) is 45.3 Å². The average molecular weight is 474 g/mol. The Bertz CT molecular complexity index is 1260. The lowest BCUT2D eigenvalue weighted by atomic mass is 10.1. The minimum absolute atomic E-state index is 0.229. The molecule has 3 aromatic rings. The summed E-state index contributed by atoms with van der Waals surface area (Å²) in [6, 6.07) is 1.81. The van der Waals surface area contributed by atoms with E-state index >= 15 is 0 Å². The van der Waals surface area contributed by atoms with Crippen LogP contribution in [0, 0.1) is 6.92 Å². The molecule has 1 unspecified atom stereocenters. The summed E-state index contributed by atoms with van der Waals surface area (Å²) in [5, 5.41) is 22.9. The number of ether oxygens (including phenoxy) is 1. The third-order valence-corrected chi connectivity index (χ3v) is 5.82. The van der Waals surface area contributed by atoms with E-state index in [-0.39, 0.29) is 17.4 Å². The van der Waals surface area contributed by atoms with Crippen LogP contribution in [0.15, 0.2) is 33.0 Å². The number of carboxylic acids is 2. The molecule has 1 atom stereocenters. The van der Waals surface area contributed by atoms with Crippen molar-refractivity contribution in [3.63, 3.8) is 0 Å². The lowest BCUT2D eigenvalue weighted by molar-refractivity contribution is -0.143. The summed E-state index contributed by atoms with van der Waals surface area (Å²) in [6.07, 6.45) is 1.19. The zero-order valence-corrected chi connectivity index (χ0v) is 18.7. The Balaban J connectivity index is 1.79. The van der Waals surface area contributed by atoms with Gasteiger partial charge in [0.25, 0.3) is 5.91 Å². The van der Waals surface area contributed by atoms with Gasteiger partial charge in [-0.3, -0.25) is 14.4 Å². The van der Waals surface area contributed by atoms with Gasteiger partial charge in [0, 0.05) is 23.6 Å². The van der Waals surface area contributed by atoms with Gasteiger partial charge < -0.3 is 24.7 Å². The largest absolute Gasteiger partial charge is 0.483 e. The minimum Gasteiger partial charge on any atom is -0.483 e. The van der Waals surface area contributed by atoms with E-state index in [1.165, 1.54) is 23.7 Å². The van der Waals surface area contributed by atoms with E-state index in [2.05, 4.69) is 10.3 Å². The number of hydrogen-bond acceptors (Lipinski definition) is 8. The Morgan fingerprint density at radius 2 is 2.03 bits per heavy atom. The van der Waals surface area contributed by atoms with Gasteiger partial charge in [0.1, 0.15) is 28.6 Å². The van der Waals surface area contributed by atoms with Crippen LogP contribution in [0.5, 0.6) is 5.75 Å². The van der Waals surface area contributed by atoms with E-state index < -0.39 is 36.9 Å². The van der Waals surface area contributed by atoms with Gasteiger partial charge in [-0.25, -0.2) is 9.78 Å². The number of thiazole rings is 1. The van der Waals surface area contributed by atoms with Crippen molar-refractivity contribution in [1.82, 2.24) is 10.3 Å². The molecule has 0 aliphatic heterocycles. The monoisotopic (exact) mass is 474 g/mol. The van der Waals surface area contributed by atoms with Gasteiger partial charge in [-0.15, -0.1) is 11.3 Å². The highest BCUT2D eigenvalue weighted by Crippen LogP contribution is 2.28. The van der Waals surface area contributed by atoms with Crippen molar-refractivity contribution < 1.29 is 33.8 Å². The molecule has 3 N–H and O–H groups in total. The third-order valence-electron chi connectivity index (χ3n) is 4.82. The Morgan fingerprint density at radius 1 is 1.27 bits per heavy atom. The first-order chi connectivity index (χ1) is 15.7. The topological polar surface area (TPSA) is 156 Å². The predicted octanol–water partition coefficient (Wildman–Crippen LogP) is 2.60. The SMILES string of the molecule is CCc1cc2c(=O)c(-c3nc(C)cs3)coc2cc1OCC(=O)NC(CCC(=O)O)C(=O)O. The standard InChI is InChI=1S/C22H22N2O8S/c1-3-12-6-13-17(31-8-14(20(13)28)21-23-11(2)10-33-21)7-16(12)32-9-18(25)24-15(22(29)30)4-5-19(26)27/h6-8,10,15H,3-5,9H2,1-2H3,(H,24,25)(H,26,27)(H,29,30). The second kappa shape index (κ2) is 10.3. The maximum atomic E-state index is 13.0. The zero-order chi connectivity index (χ0) is 24.1. The first kappa shape index (κ1) is 23.9. The lowest BCUT2D eigenvalue weighted by Crippen LogP contribution is -2.43. The molecule has 1 amide bonds. The van der Waals surface area contributed by atoms with Gasteiger partial charge in [-0.1, -0.05) is 6.92 Å². The van der Waals surface area contributed by atoms with E-state index in [9.17, 15) is 19.2 Å². The van der Waals surface area contributed by atoms with Crippen LogP contribution in [0.2, 0.25) is 0 Å². The molecule has 10 nitrogen and oxygen atoms in total. The van der Waals surface area contributed by atoms with E-state index in [0.717, 1.165) is 5.69 Å². The minimum atomic E-state index is -1.34. The summed E-state index contributed by atoms with van der Waals surface area (Å²) in [7, 11) is 0. The van der Waals surface area contributed by atoms with Crippen molar-refractivity contribution in [2.24, 2.45) is 0 Å². The Hall–Kier alpha value is -3.73. The van der Waals surface area contributed by atoms with Crippen molar-refractivity contribution in [3.8, 4) is 16.3 Å². The molecule has 2 aromatic heterocycles. The maximum absolute atomic E-state index is 13.0. The Kier molecular flexibility index (Phi) is 7.44. The highest BCUT2D eigenvalue weighted by Gasteiger charge is 2.22. The van der Waals surface area contributed by atoms with E-state index in [1.54, 1.807) is 6.07 Å². The number of fused-ring (bicyclic) bond motifs is 1. The van der Waals surface area contributed by atoms with E-state index in [0.29, 0.717) is 33.7 Å². The fourth-order valence-corrected chi connectivity index (χ4v) is 3.94. The number of benzene rings is 1. The molecule has 0 spiro atoms. The first-order valence-electron chi connectivity index (χ1n) is 10.1. The molecule has 11 heteroatoms. The average Bonchev–Trinajstić information content (AvgIpc) is 3.20. The molecule has 0 radical (unpaired) electrons. The number of aliphatic carboxylic acids is 2. The highest BCUT2D eigenvalue weighted by molar-refractivity contribution is 7.13. The van der Waals surface area contributed by atoms with Crippen LogP contribution in [-0.4, -0.2) is 45.7 Å². The third kappa shape index (κ3) is 5.75. The van der Waals surface area contributed by atoms with Crippen molar-refractivity contribution >= 4 is 40.2 Å². The van der Waals surface area contributed by atoms with Gasteiger partial charge >= 0.3 is 11.9 Å². The maximum Gasteiger partial charge on any atom is 0.326 e. The van der Waals surface area contributed by atoms with Gasteiger partial charge in [0.05, 0.1) is 10.9 Å². The normalized spacial score (nSPS) is 11.8. The van der Waals surface area contributed by atoms with Crippen LogP contribution in [0.3, 0.4) is 0 Å². The lowest BCUT2D eigenvalue weighted by Gasteiger charge is -2.15. The number of carbonyl (C=O) groups is 3. The molecule has 3 rings (SSSR count). The number of nitrogens with one attached hydrogen (secondary N) is 1. The van der Waals surface area contributed by atoms with Gasteiger partial charge in [-0.2, -0.15) is 0 Å². The fraction of sp³-hybridized carbons (Fsp3) is 0.318. The number of nitrogens with zero attached hydrogens (tertiary/aromatic N) is 1. The molecule has 0 bridgehead atoms. The number of carbonyl (C=O) groups excluding carboxylic acids is 1.